The summed E-state index contributed by atoms with van der Waals surface area (Å²) in [5.41, 5.74) is -0.859. The predicted octanol–water partition coefficient (Wildman–Crippen LogP) is 0.501. The fourth-order valence-corrected chi connectivity index (χ4v) is 2.63. The molecule has 0 aromatic carbocycles. The third-order valence-corrected chi connectivity index (χ3v) is 3.99. The van der Waals surface area contributed by atoms with Crippen molar-refractivity contribution < 1.29 is 14.0 Å². The molecule has 1 N–H and O–H groups in total. The summed E-state index contributed by atoms with van der Waals surface area (Å²) in [6.45, 7) is 7.44. The number of hydrogen-bond donors (Lipinski definition) is 1. The third kappa shape index (κ3) is 2.45. The topological polar surface area (TPSA) is 97.4 Å². The second-order valence-corrected chi connectivity index (χ2v) is 5.48. The van der Waals surface area contributed by atoms with E-state index in [2.05, 4.69) is 10.4 Å². The van der Waals surface area contributed by atoms with Gasteiger partial charge in [-0.25, -0.2) is 9.59 Å². The molecule has 0 aliphatic carbocycles. The van der Waals surface area contributed by atoms with Crippen LogP contribution < -0.4 is 11.1 Å². The first-order valence-corrected chi connectivity index (χ1v) is 7.00. The number of urea groups is 1. The van der Waals surface area contributed by atoms with Crippen LogP contribution in [-0.2, 0) is 11.3 Å². The van der Waals surface area contributed by atoms with Crippen molar-refractivity contribution in [2.75, 3.05) is 6.54 Å². The lowest BCUT2D eigenvalue weighted by molar-refractivity contribution is -0.133. The summed E-state index contributed by atoms with van der Waals surface area (Å²) in [7, 11) is 0. The summed E-state index contributed by atoms with van der Waals surface area (Å²) in [6, 6.07) is -0.427. The number of hydrogen-bond acceptors (Lipinski definition) is 5. The smallest absolute Gasteiger partial charge is 0.393 e. The van der Waals surface area contributed by atoms with E-state index in [1.807, 2.05) is 20.8 Å². The molecule has 1 aromatic heterocycles. The van der Waals surface area contributed by atoms with Crippen LogP contribution in [0.3, 0.4) is 0 Å². The summed E-state index contributed by atoms with van der Waals surface area (Å²) in [6.07, 6.45) is 0.523. The molecule has 2 heterocycles. The second-order valence-electron chi connectivity index (χ2n) is 5.48. The van der Waals surface area contributed by atoms with Gasteiger partial charge in [0.05, 0.1) is 13.1 Å². The Morgan fingerprint density at radius 3 is 2.38 bits per heavy atom. The van der Waals surface area contributed by atoms with Gasteiger partial charge in [0.25, 0.3) is 5.91 Å². The number of carbonyl (C=O) groups excluding carboxylic acids is 2. The molecule has 0 saturated carbocycles. The van der Waals surface area contributed by atoms with E-state index in [1.165, 1.54) is 0 Å². The SMILES string of the molecule is CCC1(C(C)C)NC(=O)N(CCn2nc(C)oc2=O)C1=O. The van der Waals surface area contributed by atoms with Gasteiger partial charge in [-0.1, -0.05) is 20.8 Å². The molecule has 1 atom stereocenters. The molecule has 8 nitrogen and oxygen atoms in total. The summed E-state index contributed by atoms with van der Waals surface area (Å²) in [4.78, 5) is 37.1. The van der Waals surface area contributed by atoms with Crippen molar-refractivity contribution in [3.05, 3.63) is 16.4 Å². The minimum atomic E-state index is -0.859. The lowest BCUT2D eigenvalue weighted by Crippen LogP contribution is -2.51. The Hall–Kier alpha value is -2.12. The Morgan fingerprint density at radius 1 is 1.29 bits per heavy atom. The molecular weight excluding hydrogens is 276 g/mol. The van der Waals surface area contributed by atoms with E-state index in [1.54, 1.807) is 6.92 Å². The van der Waals surface area contributed by atoms with Gasteiger partial charge in [-0.3, -0.25) is 9.69 Å². The van der Waals surface area contributed by atoms with Gasteiger partial charge in [0.15, 0.2) is 0 Å². The van der Waals surface area contributed by atoms with Gasteiger partial charge in [0.2, 0.25) is 5.89 Å². The van der Waals surface area contributed by atoms with E-state index in [4.69, 9.17) is 4.42 Å². The first-order valence-electron chi connectivity index (χ1n) is 7.00. The monoisotopic (exact) mass is 296 g/mol. The Morgan fingerprint density at radius 2 is 1.95 bits per heavy atom. The fraction of sp³-hybridized carbons (Fsp3) is 0.692. The molecule has 0 spiro atoms. The van der Waals surface area contributed by atoms with Crippen LogP contribution in [0.15, 0.2) is 9.21 Å². The number of carbonyl (C=O) groups is 2. The van der Waals surface area contributed by atoms with Gasteiger partial charge in [0.1, 0.15) is 5.54 Å². The Bertz CT molecular complexity index is 618. The molecule has 21 heavy (non-hydrogen) atoms. The van der Waals surface area contributed by atoms with Crippen molar-refractivity contribution in [1.82, 2.24) is 20.0 Å². The number of rotatable bonds is 5. The number of nitrogens with one attached hydrogen (secondary N) is 1. The van der Waals surface area contributed by atoms with E-state index in [-0.39, 0.29) is 30.8 Å². The van der Waals surface area contributed by atoms with Crippen LogP contribution in [-0.4, -0.2) is 38.7 Å². The lowest BCUT2D eigenvalue weighted by Gasteiger charge is -2.29. The standard InChI is InChI=1S/C13H20N4O4/c1-5-13(8(2)3)10(18)16(11(19)14-13)6-7-17-12(20)21-9(4)15-17/h8H,5-7H2,1-4H3,(H,14,19). The Balaban J connectivity index is 2.14. The Kier molecular flexibility index (Phi) is 3.89. The molecular formula is C13H20N4O4. The molecule has 1 aliphatic rings. The zero-order valence-electron chi connectivity index (χ0n) is 12.7. The first kappa shape index (κ1) is 15.3. The van der Waals surface area contributed by atoms with Gasteiger partial charge >= 0.3 is 11.8 Å². The van der Waals surface area contributed by atoms with Crippen molar-refractivity contribution >= 4 is 11.9 Å². The lowest BCUT2D eigenvalue weighted by atomic mass is 9.84. The van der Waals surface area contributed by atoms with Gasteiger partial charge in [-0.15, -0.1) is 5.10 Å². The zero-order valence-corrected chi connectivity index (χ0v) is 12.7. The van der Waals surface area contributed by atoms with E-state index in [0.717, 1.165) is 9.58 Å². The van der Waals surface area contributed by atoms with Gasteiger partial charge < -0.3 is 9.73 Å². The maximum atomic E-state index is 12.5. The molecule has 0 radical (unpaired) electrons. The number of aryl methyl sites for hydroxylation is 1. The first-order chi connectivity index (χ1) is 9.81. The maximum absolute atomic E-state index is 12.5. The minimum Gasteiger partial charge on any atom is -0.393 e. The van der Waals surface area contributed by atoms with Gasteiger partial charge in [-0.05, 0) is 12.3 Å². The average molecular weight is 296 g/mol. The van der Waals surface area contributed by atoms with Gasteiger partial charge in [-0.2, -0.15) is 4.68 Å². The Labute approximate surface area is 122 Å². The molecule has 116 valence electrons. The molecule has 3 amide bonds. The van der Waals surface area contributed by atoms with E-state index in [9.17, 15) is 14.4 Å². The van der Waals surface area contributed by atoms with Crippen LogP contribution in [0.1, 0.15) is 33.1 Å². The molecule has 1 aromatic rings. The normalized spacial score (nSPS) is 22.2. The van der Waals surface area contributed by atoms with E-state index >= 15 is 0 Å². The van der Waals surface area contributed by atoms with Crippen LogP contribution in [0, 0.1) is 12.8 Å². The van der Waals surface area contributed by atoms with Crippen molar-refractivity contribution in [1.29, 1.82) is 0 Å². The van der Waals surface area contributed by atoms with Crippen LogP contribution in [0.4, 0.5) is 4.79 Å². The fourth-order valence-electron chi connectivity index (χ4n) is 2.63. The summed E-state index contributed by atoms with van der Waals surface area (Å²) in [5, 5.41) is 6.66. The summed E-state index contributed by atoms with van der Waals surface area (Å²) in [5.74, 6) is -0.605. The quantitative estimate of drug-likeness (QED) is 0.798. The molecule has 1 saturated heterocycles. The maximum Gasteiger partial charge on any atom is 0.437 e. The van der Waals surface area contributed by atoms with Crippen LogP contribution in [0.2, 0.25) is 0 Å². The molecule has 8 heteroatoms. The molecule has 1 aliphatic heterocycles. The predicted molar refractivity (Wildman–Crippen MR) is 73.6 cm³/mol. The van der Waals surface area contributed by atoms with Crippen LogP contribution in [0.25, 0.3) is 0 Å². The van der Waals surface area contributed by atoms with Crippen molar-refractivity contribution in [3.8, 4) is 0 Å². The average Bonchev–Trinajstić information content (AvgIpc) is 2.85. The summed E-state index contributed by atoms with van der Waals surface area (Å²) < 4.78 is 5.88. The number of amides is 3. The highest BCUT2D eigenvalue weighted by molar-refractivity contribution is 6.07. The van der Waals surface area contributed by atoms with E-state index in [0.29, 0.717) is 6.42 Å². The van der Waals surface area contributed by atoms with E-state index < -0.39 is 17.3 Å². The molecule has 2 rings (SSSR count). The zero-order chi connectivity index (χ0) is 15.8. The van der Waals surface area contributed by atoms with Gasteiger partial charge in [0, 0.05) is 6.92 Å². The third-order valence-electron chi connectivity index (χ3n) is 3.99. The van der Waals surface area contributed by atoms with Crippen molar-refractivity contribution in [3.63, 3.8) is 0 Å². The van der Waals surface area contributed by atoms with Crippen LogP contribution >= 0.6 is 0 Å². The molecule has 1 fully saturated rings. The molecule has 1 unspecified atom stereocenters. The number of aromatic nitrogens is 2. The summed E-state index contributed by atoms with van der Waals surface area (Å²) >= 11 is 0. The largest absolute Gasteiger partial charge is 0.437 e. The second kappa shape index (κ2) is 5.34. The molecule has 0 bridgehead atoms. The highest BCUT2D eigenvalue weighted by Crippen LogP contribution is 2.28. The highest BCUT2D eigenvalue weighted by Gasteiger charge is 2.51. The minimum absolute atomic E-state index is 0.0130. The van der Waals surface area contributed by atoms with Crippen molar-refractivity contribution in [2.45, 2.75) is 46.2 Å². The highest BCUT2D eigenvalue weighted by atomic mass is 16.4. The number of nitrogens with zero attached hydrogens (tertiary/aromatic N) is 3. The van der Waals surface area contributed by atoms with Crippen molar-refractivity contribution in [2.24, 2.45) is 5.92 Å². The number of imide groups is 1. The van der Waals surface area contributed by atoms with Crippen LogP contribution in [0.5, 0.6) is 0 Å².